The molecule has 3 rings (SSSR count). The lowest BCUT2D eigenvalue weighted by atomic mass is 10.1. The fourth-order valence-corrected chi connectivity index (χ4v) is 5.51. The fourth-order valence-electron chi connectivity index (χ4n) is 3.85. The third-order valence-corrected chi connectivity index (χ3v) is 7.52. The van der Waals surface area contributed by atoms with Crippen molar-refractivity contribution < 1.29 is 22.7 Å². The zero-order valence-electron chi connectivity index (χ0n) is 21.2. The normalized spacial score (nSPS) is 12.0. The van der Waals surface area contributed by atoms with E-state index in [0.717, 1.165) is 22.7 Å². The molecule has 0 saturated heterocycles. The van der Waals surface area contributed by atoms with Crippen LogP contribution in [0.15, 0.2) is 77.7 Å². The molecule has 1 N–H and O–H groups in total. The van der Waals surface area contributed by atoms with Crippen molar-refractivity contribution in [2.45, 2.75) is 44.6 Å². The summed E-state index contributed by atoms with van der Waals surface area (Å²) in [5.41, 5.74) is 2.30. The van der Waals surface area contributed by atoms with Gasteiger partial charge in [0.1, 0.15) is 22.9 Å². The van der Waals surface area contributed by atoms with Crippen LogP contribution in [0, 0.1) is 6.92 Å². The molecule has 0 aromatic heterocycles. The molecule has 3 aromatic rings. The lowest BCUT2D eigenvalue weighted by molar-refractivity contribution is -0.120. The first kappa shape index (κ1) is 27.1. The minimum absolute atomic E-state index is 0.00353. The largest absolute Gasteiger partial charge is 0.495 e. The van der Waals surface area contributed by atoms with Crippen LogP contribution in [-0.4, -0.2) is 40.6 Å². The summed E-state index contributed by atoms with van der Waals surface area (Å²) in [6.45, 7) is 5.72. The van der Waals surface area contributed by atoms with Gasteiger partial charge >= 0.3 is 0 Å². The van der Waals surface area contributed by atoms with Gasteiger partial charge in [0.2, 0.25) is 5.91 Å². The molecule has 0 fully saturated rings. The van der Waals surface area contributed by atoms with Gasteiger partial charge in [-0.3, -0.25) is 9.10 Å². The molecular weight excluding hydrogens is 476 g/mol. The van der Waals surface area contributed by atoms with E-state index in [2.05, 4.69) is 5.32 Å². The predicted octanol–water partition coefficient (Wildman–Crippen LogP) is 4.74. The van der Waals surface area contributed by atoms with E-state index in [1.807, 2.05) is 44.2 Å². The van der Waals surface area contributed by atoms with Crippen LogP contribution in [0.4, 0.5) is 5.69 Å². The topological polar surface area (TPSA) is 84.9 Å². The molecule has 0 aliphatic carbocycles. The average Bonchev–Trinajstić information content (AvgIpc) is 2.87. The van der Waals surface area contributed by atoms with E-state index in [4.69, 9.17) is 9.47 Å². The second-order valence-electron chi connectivity index (χ2n) is 8.59. The van der Waals surface area contributed by atoms with Crippen molar-refractivity contribution in [3.05, 3.63) is 83.9 Å². The van der Waals surface area contributed by atoms with Gasteiger partial charge in [-0.25, -0.2) is 8.42 Å². The number of sulfonamides is 1. The highest BCUT2D eigenvalue weighted by molar-refractivity contribution is 7.93. The number of amides is 1. The zero-order chi connectivity index (χ0) is 26.1. The van der Waals surface area contributed by atoms with Gasteiger partial charge < -0.3 is 14.8 Å². The molecule has 0 heterocycles. The van der Waals surface area contributed by atoms with Gasteiger partial charge in [0.25, 0.3) is 10.0 Å². The second-order valence-corrected chi connectivity index (χ2v) is 10.4. The van der Waals surface area contributed by atoms with Gasteiger partial charge in [-0.1, -0.05) is 36.4 Å². The second kappa shape index (κ2) is 12.4. The molecule has 0 unspecified atom stereocenters. The maximum absolute atomic E-state index is 13.8. The predicted molar refractivity (Wildman–Crippen MR) is 142 cm³/mol. The summed E-state index contributed by atoms with van der Waals surface area (Å²) in [5.74, 6) is 0.443. The Balaban J connectivity index is 1.85. The Morgan fingerprint density at radius 1 is 1.03 bits per heavy atom. The molecule has 0 radical (unpaired) electrons. The van der Waals surface area contributed by atoms with Gasteiger partial charge in [-0.05, 0) is 81.1 Å². The van der Waals surface area contributed by atoms with Crippen molar-refractivity contribution in [1.29, 1.82) is 0 Å². The number of hydrogen-bond donors (Lipinski definition) is 1. The number of ether oxygens (including phenoxy) is 2. The average molecular weight is 511 g/mol. The first-order valence-electron chi connectivity index (χ1n) is 12.0. The molecule has 1 amide bonds. The highest BCUT2D eigenvalue weighted by Gasteiger charge is 2.30. The Kier molecular flexibility index (Phi) is 9.36. The Morgan fingerprint density at radius 3 is 2.36 bits per heavy atom. The lowest BCUT2D eigenvalue weighted by Crippen LogP contribution is -2.43. The van der Waals surface area contributed by atoms with Crippen molar-refractivity contribution in [3.63, 3.8) is 0 Å². The number of methoxy groups -OCH3 is 1. The number of anilines is 1. The number of benzene rings is 3. The summed E-state index contributed by atoms with van der Waals surface area (Å²) in [6.07, 6.45) is 1.54. The van der Waals surface area contributed by atoms with Crippen LogP contribution in [0.5, 0.6) is 11.5 Å². The van der Waals surface area contributed by atoms with E-state index >= 15 is 0 Å². The van der Waals surface area contributed by atoms with Crippen LogP contribution in [-0.2, 0) is 21.2 Å². The smallest absolute Gasteiger partial charge is 0.268 e. The third-order valence-electron chi connectivity index (χ3n) is 5.73. The summed E-state index contributed by atoms with van der Waals surface area (Å²) in [6, 6.07) is 21.5. The minimum atomic E-state index is -4.12. The summed E-state index contributed by atoms with van der Waals surface area (Å²) < 4.78 is 39.6. The number of nitrogens with zero attached hydrogens (tertiary/aromatic N) is 1. The van der Waals surface area contributed by atoms with Gasteiger partial charge in [0.15, 0.2) is 0 Å². The van der Waals surface area contributed by atoms with Crippen molar-refractivity contribution in [1.82, 2.24) is 5.32 Å². The van der Waals surface area contributed by atoms with Crippen LogP contribution >= 0.6 is 0 Å². The van der Waals surface area contributed by atoms with Gasteiger partial charge in [-0.15, -0.1) is 0 Å². The molecule has 0 saturated carbocycles. The number of aryl methyl sites for hydroxylation is 2. The molecule has 0 bridgehead atoms. The first-order chi connectivity index (χ1) is 17.2. The van der Waals surface area contributed by atoms with Gasteiger partial charge in [-0.2, -0.15) is 0 Å². The number of hydrogen-bond acceptors (Lipinski definition) is 5. The quantitative estimate of drug-likeness (QED) is 0.381. The summed E-state index contributed by atoms with van der Waals surface area (Å²) in [4.78, 5) is 13.0. The molecule has 8 heteroatoms. The van der Waals surface area contributed by atoms with Gasteiger partial charge in [0, 0.05) is 6.04 Å². The van der Waals surface area contributed by atoms with E-state index in [9.17, 15) is 13.2 Å². The van der Waals surface area contributed by atoms with Crippen LogP contribution in [0.1, 0.15) is 31.4 Å². The Hall–Kier alpha value is -3.52. The molecule has 1 atom stereocenters. The third kappa shape index (κ3) is 7.01. The SMILES string of the molecule is CCOc1ccc(N(CC(=O)N[C@H](C)CCc2ccccc2)S(=O)(=O)c2cc(C)ccc2OC)cc1. The molecule has 3 aromatic carbocycles. The van der Waals surface area contributed by atoms with Crippen LogP contribution in [0.2, 0.25) is 0 Å². The number of rotatable bonds is 12. The number of carbonyl (C=O) groups excluding carboxylic acids is 1. The van der Waals surface area contributed by atoms with Crippen molar-refractivity contribution in [2.75, 3.05) is 24.6 Å². The maximum atomic E-state index is 13.8. The van der Waals surface area contributed by atoms with E-state index in [0.29, 0.717) is 18.0 Å². The fraction of sp³-hybridized carbons (Fsp3) is 0.321. The summed E-state index contributed by atoms with van der Waals surface area (Å²) >= 11 is 0. The van der Waals surface area contributed by atoms with Crippen LogP contribution in [0.3, 0.4) is 0 Å². The molecule has 36 heavy (non-hydrogen) atoms. The highest BCUT2D eigenvalue weighted by atomic mass is 32.2. The monoisotopic (exact) mass is 510 g/mol. The van der Waals surface area contributed by atoms with Crippen molar-refractivity contribution >= 4 is 21.6 Å². The Bertz CT molecular complexity index is 1240. The maximum Gasteiger partial charge on any atom is 0.268 e. The lowest BCUT2D eigenvalue weighted by Gasteiger charge is -2.26. The first-order valence-corrected chi connectivity index (χ1v) is 13.4. The molecule has 0 spiro atoms. The minimum Gasteiger partial charge on any atom is -0.495 e. The molecule has 192 valence electrons. The molecular formula is C28H34N2O5S. The Labute approximate surface area is 214 Å². The zero-order valence-corrected chi connectivity index (χ0v) is 22.0. The molecule has 0 aliphatic rings. The van der Waals surface area contributed by atoms with E-state index in [-0.39, 0.29) is 29.1 Å². The van der Waals surface area contributed by atoms with Crippen molar-refractivity contribution in [3.8, 4) is 11.5 Å². The number of nitrogens with one attached hydrogen (secondary N) is 1. The Morgan fingerprint density at radius 2 is 1.72 bits per heavy atom. The number of carbonyl (C=O) groups is 1. The molecule has 7 nitrogen and oxygen atoms in total. The van der Waals surface area contributed by atoms with E-state index < -0.39 is 10.0 Å². The highest BCUT2D eigenvalue weighted by Crippen LogP contribution is 2.31. The van der Waals surface area contributed by atoms with Gasteiger partial charge in [0.05, 0.1) is 19.4 Å². The standard InChI is InChI=1S/C28H34N2O5S/c1-5-35-25-16-14-24(15-17-25)30(36(32,33)27-19-21(2)11-18-26(27)34-4)20-28(31)29-22(3)12-13-23-9-7-6-8-10-23/h6-11,14-19,22H,5,12-13,20H2,1-4H3,(H,29,31)/t22-/m1/s1. The summed E-state index contributed by atoms with van der Waals surface area (Å²) in [7, 11) is -2.70. The van der Waals surface area contributed by atoms with Crippen molar-refractivity contribution in [2.24, 2.45) is 0 Å². The van der Waals surface area contributed by atoms with E-state index in [1.54, 1.807) is 49.4 Å². The molecule has 0 aliphatic heterocycles. The van der Waals surface area contributed by atoms with Crippen LogP contribution < -0.4 is 19.1 Å². The van der Waals surface area contributed by atoms with E-state index in [1.165, 1.54) is 12.7 Å². The summed E-state index contributed by atoms with van der Waals surface area (Å²) in [5, 5.41) is 2.94. The van der Waals surface area contributed by atoms with Crippen LogP contribution in [0.25, 0.3) is 0 Å².